The predicted molar refractivity (Wildman–Crippen MR) is 79.8 cm³/mol. The van der Waals surface area contributed by atoms with E-state index in [0.29, 0.717) is 24.0 Å². The Morgan fingerprint density at radius 2 is 2.00 bits per heavy atom. The van der Waals surface area contributed by atoms with Crippen LogP contribution >= 0.6 is 0 Å². The molecule has 1 aromatic carbocycles. The van der Waals surface area contributed by atoms with Crippen molar-refractivity contribution in [3.05, 3.63) is 34.7 Å². The van der Waals surface area contributed by atoms with E-state index in [4.69, 9.17) is 5.73 Å². The Balaban J connectivity index is 1.89. The number of fused-ring (bicyclic) bond motifs is 1. The van der Waals surface area contributed by atoms with Gasteiger partial charge in [-0.05, 0) is 30.0 Å². The second kappa shape index (κ2) is 5.31. The first-order valence-corrected chi connectivity index (χ1v) is 8.68. The molecule has 0 amide bonds. The van der Waals surface area contributed by atoms with Crippen LogP contribution in [0.1, 0.15) is 36.8 Å². The molecule has 1 aliphatic heterocycles. The van der Waals surface area contributed by atoms with Crippen molar-refractivity contribution in [3.63, 3.8) is 0 Å². The van der Waals surface area contributed by atoms with Crippen molar-refractivity contribution >= 4 is 15.4 Å². The molecule has 1 heterocycles. The second-order valence-electron chi connectivity index (χ2n) is 5.54. The van der Waals surface area contributed by atoms with Crippen molar-refractivity contribution < 1.29 is 8.42 Å². The number of rotatable bonds is 4. The van der Waals surface area contributed by atoms with Gasteiger partial charge in [-0.3, -0.25) is 0 Å². The molecule has 0 unspecified atom stereocenters. The molecule has 1 aliphatic carbocycles. The molecule has 20 heavy (non-hydrogen) atoms. The van der Waals surface area contributed by atoms with Crippen LogP contribution < -0.4 is 11.1 Å². The largest absolute Gasteiger partial charge is 0.326 e. The van der Waals surface area contributed by atoms with Crippen LogP contribution in [-0.4, -0.2) is 21.0 Å². The highest BCUT2D eigenvalue weighted by Gasteiger charge is 2.29. The van der Waals surface area contributed by atoms with Crippen molar-refractivity contribution in [2.75, 3.05) is 6.54 Å². The van der Waals surface area contributed by atoms with Gasteiger partial charge < -0.3 is 11.1 Å². The van der Waals surface area contributed by atoms with Crippen molar-refractivity contribution in [3.8, 4) is 0 Å². The number of sulfone groups is 1. The third-order valence-corrected chi connectivity index (χ3v) is 5.74. The Hall–Kier alpha value is -1.17. The van der Waals surface area contributed by atoms with E-state index in [1.807, 2.05) is 6.07 Å². The van der Waals surface area contributed by atoms with Crippen molar-refractivity contribution in [2.24, 2.45) is 5.73 Å². The zero-order valence-electron chi connectivity index (χ0n) is 11.4. The first-order chi connectivity index (χ1) is 9.62. The number of hydrogen-bond donors (Lipinski definition) is 2. The third kappa shape index (κ3) is 2.41. The molecular formula is C15H20N2O2S. The van der Waals surface area contributed by atoms with E-state index in [9.17, 15) is 8.42 Å². The summed E-state index contributed by atoms with van der Waals surface area (Å²) in [6, 6.07) is 5.86. The highest BCUT2D eigenvalue weighted by molar-refractivity contribution is 7.95. The zero-order valence-corrected chi connectivity index (χ0v) is 12.2. The predicted octanol–water partition coefficient (Wildman–Crippen LogP) is 1.81. The van der Waals surface area contributed by atoms with E-state index in [1.165, 1.54) is 31.1 Å². The van der Waals surface area contributed by atoms with Gasteiger partial charge in [0, 0.05) is 30.1 Å². The lowest BCUT2D eigenvalue weighted by molar-refractivity contribution is 0.560. The Morgan fingerprint density at radius 3 is 2.70 bits per heavy atom. The average molecular weight is 292 g/mol. The van der Waals surface area contributed by atoms with Crippen LogP contribution in [0.3, 0.4) is 0 Å². The maximum atomic E-state index is 12.2. The summed E-state index contributed by atoms with van der Waals surface area (Å²) in [5.74, 6) is 0. The molecule has 5 heteroatoms. The van der Waals surface area contributed by atoms with E-state index in [1.54, 1.807) is 12.1 Å². The Morgan fingerprint density at radius 1 is 1.25 bits per heavy atom. The van der Waals surface area contributed by atoms with Crippen molar-refractivity contribution in [1.29, 1.82) is 0 Å². The van der Waals surface area contributed by atoms with Crippen LogP contribution in [0.25, 0.3) is 5.57 Å². The topological polar surface area (TPSA) is 72.2 Å². The fourth-order valence-electron chi connectivity index (χ4n) is 3.17. The fourth-order valence-corrected chi connectivity index (χ4v) is 4.69. The summed E-state index contributed by atoms with van der Waals surface area (Å²) in [5, 5.41) is 4.88. The van der Waals surface area contributed by atoms with Gasteiger partial charge >= 0.3 is 0 Å². The minimum Gasteiger partial charge on any atom is -0.326 e. The number of benzene rings is 1. The van der Waals surface area contributed by atoms with Crippen LogP contribution in [0.5, 0.6) is 0 Å². The fraction of sp³-hybridized carbons (Fsp3) is 0.467. The van der Waals surface area contributed by atoms with Gasteiger partial charge in [0.05, 0.1) is 4.90 Å². The molecular weight excluding hydrogens is 272 g/mol. The Kier molecular flexibility index (Phi) is 3.67. The van der Waals surface area contributed by atoms with Crippen LogP contribution in [0.4, 0.5) is 0 Å². The van der Waals surface area contributed by atoms with Crippen LogP contribution in [-0.2, 0) is 16.4 Å². The van der Waals surface area contributed by atoms with Crippen molar-refractivity contribution in [1.82, 2.24) is 5.32 Å². The summed E-state index contributed by atoms with van der Waals surface area (Å²) in [7, 11) is -3.29. The molecule has 3 N–H and O–H groups in total. The third-order valence-electron chi connectivity index (χ3n) is 4.19. The summed E-state index contributed by atoms with van der Waals surface area (Å²) >= 11 is 0. The van der Waals surface area contributed by atoms with Gasteiger partial charge in [0.15, 0.2) is 0 Å². The molecule has 0 spiro atoms. The summed E-state index contributed by atoms with van der Waals surface area (Å²) < 4.78 is 24.4. The minimum absolute atomic E-state index is 0.361. The quantitative estimate of drug-likeness (QED) is 0.887. The van der Waals surface area contributed by atoms with Crippen LogP contribution in [0.2, 0.25) is 0 Å². The highest BCUT2D eigenvalue weighted by Crippen LogP contribution is 2.35. The lowest BCUT2D eigenvalue weighted by atomic mass is 10.0. The van der Waals surface area contributed by atoms with Crippen molar-refractivity contribution in [2.45, 2.75) is 43.2 Å². The maximum absolute atomic E-state index is 12.2. The molecule has 0 bridgehead atoms. The highest BCUT2D eigenvalue weighted by atomic mass is 32.2. The second-order valence-corrected chi connectivity index (χ2v) is 7.31. The lowest BCUT2D eigenvalue weighted by Gasteiger charge is -2.14. The molecule has 108 valence electrons. The molecule has 4 nitrogen and oxygen atoms in total. The summed E-state index contributed by atoms with van der Waals surface area (Å²) in [5.41, 5.74) is 8.33. The summed E-state index contributed by atoms with van der Waals surface area (Å²) in [4.78, 5) is 0.406. The minimum atomic E-state index is -3.29. The van der Waals surface area contributed by atoms with E-state index >= 15 is 0 Å². The number of nitrogens with two attached hydrogens (primary N) is 1. The lowest BCUT2D eigenvalue weighted by Crippen LogP contribution is -2.27. The van der Waals surface area contributed by atoms with Gasteiger partial charge in [0.1, 0.15) is 0 Å². The standard InChI is InChI=1S/C15H20N2O2S/c16-8-11-4-3-7-14-15(11)12(10-20(14,18)19)9-17-13-5-1-2-6-13/h3-4,7,10,13,17H,1-2,5-6,8-9,16H2. The SMILES string of the molecule is NCc1cccc2c1C(CNC1CCCC1)=CS2(=O)=O. The van der Waals surface area contributed by atoms with E-state index in [0.717, 1.165) is 16.7 Å². The smallest absolute Gasteiger partial charge is 0.200 e. The van der Waals surface area contributed by atoms with Crippen LogP contribution in [0, 0.1) is 0 Å². The number of hydrogen-bond acceptors (Lipinski definition) is 4. The molecule has 1 aromatic rings. The van der Waals surface area contributed by atoms with Gasteiger partial charge in [-0.15, -0.1) is 0 Å². The van der Waals surface area contributed by atoms with E-state index in [-0.39, 0.29) is 0 Å². The molecule has 0 atom stereocenters. The van der Waals surface area contributed by atoms with E-state index < -0.39 is 9.84 Å². The maximum Gasteiger partial charge on any atom is 0.200 e. The molecule has 2 aliphatic rings. The summed E-state index contributed by atoms with van der Waals surface area (Å²) in [6.45, 7) is 0.966. The summed E-state index contributed by atoms with van der Waals surface area (Å²) in [6.07, 6.45) is 4.90. The molecule has 0 saturated heterocycles. The van der Waals surface area contributed by atoms with Gasteiger partial charge in [-0.2, -0.15) is 0 Å². The van der Waals surface area contributed by atoms with Gasteiger partial charge in [-0.25, -0.2) is 8.42 Å². The zero-order chi connectivity index (χ0) is 14.2. The van der Waals surface area contributed by atoms with E-state index in [2.05, 4.69) is 5.32 Å². The Bertz CT molecular complexity index is 644. The first-order valence-electron chi connectivity index (χ1n) is 7.13. The van der Waals surface area contributed by atoms with Gasteiger partial charge in [-0.1, -0.05) is 25.0 Å². The molecule has 0 radical (unpaired) electrons. The molecule has 1 fully saturated rings. The normalized spacial score (nSPS) is 20.9. The monoisotopic (exact) mass is 292 g/mol. The van der Waals surface area contributed by atoms with Gasteiger partial charge in [0.25, 0.3) is 0 Å². The molecule has 3 rings (SSSR count). The number of nitrogens with one attached hydrogen (secondary N) is 1. The first kappa shape index (κ1) is 13.8. The Labute approximate surface area is 120 Å². The molecule has 0 aromatic heterocycles. The van der Waals surface area contributed by atoms with Gasteiger partial charge in [0.2, 0.25) is 9.84 Å². The average Bonchev–Trinajstić information content (AvgIpc) is 3.03. The molecule has 1 saturated carbocycles. The van der Waals surface area contributed by atoms with Crippen LogP contribution in [0.15, 0.2) is 28.5 Å².